The highest BCUT2D eigenvalue weighted by Crippen LogP contribution is 2.42. The van der Waals surface area contributed by atoms with Gasteiger partial charge in [0.25, 0.3) is 0 Å². The molecule has 0 N–H and O–H groups in total. The molecule has 0 atom stereocenters. The van der Waals surface area contributed by atoms with E-state index in [9.17, 15) is 0 Å². The van der Waals surface area contributed by atoms with Gasteiger partial charge in [0, 0.05) is 4.70 Å². The van der Waals surface area contributed by atoms with Crippen molar-refractivity contribution in [2.75, 3.05) is 0 Å². The normalized spacial score (nSPS) is 11.9. The second-order valence-electron chi connectivity index (χ2n) is 10.5. The van der Waals surface area contributed by atoms with Crippen LogP contribution >= 0.6 is 11.3 Å². The smallest absolute Gasteiger partial charge is 0.0383 e. The average Bonchev–Trinajstić information content (AvgIpc) is 3.34. The third kappa shape index (κ3) is 4.78. The maximum absolute atomic E-state index is 2.66. The molecular formula is C34H46S. The molecule has 0 amide bonds. The van der Waals surface area contributed by atoms with Crippen LogP contribution in [0.15, 0.2) is 23.6 Å². The van der Waals surface area contributed by atoms with E-state index in [0.29, 0.717) is 0 Å². The summed E-state index contributed by atoms with van der Waals surface area (Å²) in [5, 5.41) is 10.1. The van der Waals surface area contributed by atoms with Crippen LogP contribution in [-0.2, 0) is 38.5 Å². The van der Waals surface area contributed by atoms with Crippen molar-refractivity contribution in [1.82, 2.24) is 0 Å². The second-order valence-corrected chi connectivity index (χ2v) is 11.4. The Labute approximate surface area is 218 Å². The van der Waals surface area contributed by atoms with Crippen molar-refractivity contribution >= 4 is 43.0 Å². The van der Waals surface area contributed by atoms with E-state index in [1.54, 1.807) is 59.6 Å². The molecule has 4 aromatic rings. The summed E-state index contributed by atoms with van der Waals surface area (Å²) < 4.78 is 1.55. The Morgan fingerprint density at radius 2 is 0.800 bits per heavy atom. The summed E-state index contributed by atoms with van der Waals surface area (Å²) in [6.45, 7) is 14.1. The lowest BCUT2D eigenvalue weighted by atomic mass is 9.80. The number of hydrogen-bond acceptors (Lipinski definition) is 1. The van der Waals surface area contributed by atoms with Crippen LogP contribution in [0.25, 0.3) is 31.6 Å². The van der Waals surface area contributed by atoms with E-state index in [2.05, 4.69) is 65.1 Å². The molecule has 0 bridgehead atoms. The van der Waals surface area contributed by atoms with Gasteiger partial charge >= 0.3 is 0 Å². The molecule has 3 aromatic carbocycles. The predicted molar refractivity (Wildman–Crippen MR) is 161 cm³/mol. The number of thiophene rings is 1. The molecule has 0 saturated carbocycles. The molecule has 0 radical (unpaired) electrons. The van der Waals surface area contributed by atoms with Crippen molar-refractivity contribution in [1.29, 1.82) is 0 Å². The van der Waals surface area contributed by atoms with Gasteiger partial charge in [-0.25, -0.2) is 0 Å². The van der Waals surface area contributed by atoms with Crippen LogP contribution in [-0.4, -0.2) is 0 Å². The first-order valence-corrected chi connectivity index (χ1v) is 15.5. The summed E-state index contributed by atoms with van der Waals surface area (Å²) in [7, 11) is 0. The molecule has 0 fully saturated rings. The molecule has 188 valence electrons. The maximum Gasteiger partial charge on any atom is 0.0383 e. The SMILES string of the molecule is CCCc1c(CCC)c(CCC)c2cc3c(CCC)c4sccc4c(CCC)c3cc2c1CCC. The van der Waals surface area contributed by atoms with Crippen molar-refractivity contribution < 1.29 is 0 Å². The number of hydrogen-bond donors (Lipinski definition) is 0. The highest BCUT2D eigenvalue weighted by Gasteiger charge is 2.21. The zero-order valence-electron chi connectivity index (χ0n) is 23.2. The fourth-order valence-electron chi connectivity index (χ4n) is 6.53. The molecule has 0 aliphatic rings. The van der Waals surface area contributed by atoms with E-state index < -0.39 is 0 Å². The van der Waals surface area contributed by atoms with E-state index in [4.69, 9.17) is 0 Å². The van der Waals surface area contributed by atoms with Crippen molar-refractivity contribution in [3.05, 3.63) is 57.0 Å². The maximum atomic E-state index is 2.66. The lowest BCUT2D eigenvalue weighted by molar-refractivity contribution is 0.810. The Morgan fingerprint density at radius 1 is 0.429 bits per heavy atom. The highest BCUT2D eigenvalue weighted by molar-refractivity contribution is 7.17. The van der Waals surface area contributed by atoms with Crippen LogP contribution in [0.2, 0.25) is 0 Å². The first kappa shape index (κ1) is 26.2. The fraction of sp³-hybridized carbons (Fsp3) is 0.529. The molecule has 4 rings (SSSR count). The minimum absolute atomic E-state index is 1.17. The van der Waals surface area contributed by atoms with Gasteiger partial charge in [-0.05, 0) is 122 Å². The number of rotatable bonds is 12. The molecule has 0 saturated heterocycles. The Balaban J connectivity index is 2.24. The quantitative estimate of drug-likeness (QED) is 0.175. The molecule has 0 nitrogen and oxygen atoms in total. The summed E-state index contributed by atoms with van der Waals surface area (Å²) in [4.78, 5) is 0. The standard InChI is InChI=1S/C34H46S/c1-7-13-23-24(14-8-2)26(16-10-4)31-22-33-28(18-12-6)34-29(19-20-35-34)27(17-11-5)32(33)21-30(31)25(23)15-9-3/h19-22H,7-18H2,1-6H3. The number of benzene rings is 3. The minimum Gasteiger partial charge on any atom is -0.143 e. The van der Waals surface area contributed by atoms with Gasteiger partial charge < -0.3 is 0 Å². The van der Waals surface area contributed by atoms with Crippen molar-refractivity contribution in [2.24, 2.45) is 0 Å². The van der Waals surface area contributed by atoms with Gasteiger partial charge in [-0.15, -0.1) is 11.3 Å². The van der Waals surface area contributed by atoms with Crippen LogP contribution in [0.3, 0.4) is 0 Å². The van der Waals surface area contributed by atoms with Crippen LogP contribution in [0, 0.1) is 0 Å². The van der Waals surface area contributed by atoms with Crippen molar-refractivity contribution in [3.63, 3.8) is 0 Å². The highest BCUT2D eigenvalue weighted by atomic mass is 32.1. The van der Waals surface area contributed by atoms with E-state index in [1.807, 2.05) is 11.3 Å². The van der Waals surface area contributed by atoms with Gasteiger partial charge in [-0.1, -0.05) is 80.1 Å². The fourth-order valence-corrected chi connectivity index (χ4v) is 7.54. The van der Waals surface area contributed by atoms with Gasteiger partial charge in [-0.2, -0.15) is 0 Å². The van der Waals surface area contributed by atoms with Gasteiger partial charge in [0.15, 0.2) is 0 Å². The summed E-state index contributed by atoms with van der Waals surface area (Å²) in [5.41, 5.74) is 9.93. The Bertz CT molecular complexity index is 1200. The van der Waals surface area contributed by atoms with Crippen molar-refractivity contribution in [3.8, 4) is 0 Å². The Hall–Kier alpha value is -1.86. The first-order valence-electron chi connectivity index (χ1n) is 14.6. The van der Waals surface area contributed by atoms with Gasteiger partial charge in [0.05, 0.1) is 0 Å². The van der Waals surface area contributed by atoms with Crippen LogP contribution in [0.5, 0.6) is 0 Å². The first-order chi connectivity index (χ1) is 17.1. The van der Waals surface area contributed by atoms with E-state index >= 15 is 0 Å². The topological polar surface area (TPSA) is 0 Å². The van der Waals surface area contributed by atoms with E-state index in [0.717, 1.165) is 0 Å². The van der Waals surface area contributed by atoms with E-state index in [-0.39, 0.29) is 0 Å². The third-order valence-corrected chi connectivity index (χ3v) is 8.79. The van der Waals surface area contributed by atoms with Crippen LogP contribution < -0.4 is 0 Å². The van der Waals surface area contributed by atoms with Gasteiger partial charge in [0.2, 0.25) is 0 Å². The molecule has 35 heavy (non-hydrogen) atoms. The summed E-state index contributed by atoms with van der Waals surface area (Å²) >= 11 is 1.96. The van der Waals surface area contributed by atoms with Crippen LogP contribution in [0.1, 0.15) is 113 Å². The molecule has 1 aromatic heterocycles. The monoisotopic (exact) mass is 486 g/mol. The largest absolute Gasteiger partial charge is 0.143 e. The predicted octanol–water partition coefficient (Wildman–Crippen LogP) is 10.9. The van der Waals surface area contributed by atoms with Gasteiger partial charge in [-0.3, -0.25) is 0 Å². The zero-order valence-corrected chi connectivity index (χ0v) is 24.0. The van der Waals surface area contributed by atoms with Crippen LogP contribution in [0.4, 0.5) is 0 Å². The molecule has 1 heteroatoms. The average molecular weight is 487 g/mol. The second kappa shape index (κ2) is 11.9. The lowest BCUT2D eigenvalue weighted by Gasteiger charge is -2.24. The number of fused-ring (bicyclic) bond motifs is 3. The Morgan fingerprint density at radius 3 is 1.29 bits per heavy atom. The summed E-state index contributed by atoms with van der Waals surface area (Å²) in [6.07, 6.45) is 14.5. The molecule has 1 heterocycles. The summed E-state index contributed by atoms with van der Waals surface area (Å²) in [6, 6.07) is 7.72. The van der Waals surface area contributed by atoms with Gasteiger partial charge in [0.1, 0.15) is 0 Å². The third-order valence-electron chi connectivity index (χ3n) is 7.82. The molecule has 0 aliphatic heterocycles. The van der Waals surface area contributed by atoms with E-state index in [1.165, 1.54) is 82.4 Å². The lowest BCUT2D eigenvalue weighted by Crippen LogP contribution is -2.08. The Kier molecular flexibility index (Phi) is 8.92. The molecule has 0 unspecified atom stereocenters. The molecule has 0 aliphatic carbocycles. The zero-order chi connectivity index (χ0) is 24.9. The number of aryl methyl sites for hydroxylation is 4. The summed E-state index contributed by atoms with van der Waals surface area (Å²) in [5.74, 6) is 0. The minimum atomic E-state index is 1.17. The molecular weight excluding hydrogens is 440 g/mol. The molecule has 0 spiro atoms. The van der Waals surface area contributed by atoms with Crippen molar-refractivity contribution in [2.45, 2.75) is 119 Å².